The molecule has 0 aromatic rings. The number of carbonyl (C=O) groups excluding carboxylic acids is 2. The molecular weight excluding hydrogens is 370 g/mol. The molecule has 11 nitrogen and oxygen atoms in total. The Morgan fingerprint density at radius 2 is 1.29 bits per heavy atom. The van der Waals surface area contributed by atoms with Gasteiger partial charge in [0.05, 0.1) is 0 Å². The zero-order chi connectivity index (χ0) is 21.5. The van der Waals surface area contributed by atoms with Crippen molar-refractivity contribution in [1.82, 2.24) is 10.2 Å². The van der Waals surface area contributed by atoms with Gasteiger partial charge in [-0.05, 0) is 51.7 Å². The van der Waals surface area contributed by atoms with Gasteiger partial charge in [-0.15, -0.1) is 0 Å². The van der Waals surface area contributed by atoms with Gasteiger partial charge in [0.25, 0.3) is 0 Å². The van der Waals surface area contributed by atoms with E-state index < -0.39 is 35.8 Å². The van der Waals surface area contributed by atoms with Gasteiger partial charge in [0, 0.05) is 19.4 Å². The Morgan fingerprint density at radius 3 is 1.71 bits per heavy atom. The molecular formula is C17H33N5O6. The normalized spacial score (nSPS) is 13.0. The van der Waals surface area contributed by atoms with E-state index in [0.717, 1.165) is 24.3 Å². The minimum absolute atomic E-state index is 0.0900. The lowest BCUT2D eigenvalue weighted by molar-refractivity contribution is -0.145. The molecule has 2 amide bonds. The molecule has 0 heterocycles. The van der Waals surface area contributed by atoms with Gasteiger partial charge in [0.15, 0.2) is 0 Å². The minimum Gasteiger partial charge on any atom is -0.480 e. The Kier molecular flexibility index (Phi) is 13.8. The molecule has 0 fully saturated rings. The molecule has 0 aliphatic carbocycles. The van der Waals surface area contributed by atoms with Crippen LogP contribution in [0.2, 0.25) is 0 Å². The lowest BCUT2D eigenvalue weighted by Crippen LogP contribution is -2.40. The molecule has 11 heteroatoms. The van der Waals surface area contributed by atoms with Crippen LogP contribution in [0, 0.1) is 0 Å². The third-order valence-electron chi connectivity index (χ3n) is 4.12. The number of carboxylic acids is 2. The van der Waals surface area contributed by atoms with E-state index in [1.807, 2.05) is 0 Å². The van der Waals surface area contributed by atoms with E-state index in [1.165, 1.54) is 0 Å². The molecule has 28 heavy (non-hydrogen) atoms. The maximum atomic E-state index is 12.4. The molecule has 0 aromatic heterocycles. The molecule has 0 aliphatic rings. The molecule has 0 aliphatic heterocycles. The molecule has 0 unspecified atom stereocenters. The number of hydrogen-bond acceptors (Lipinski definition) is 8. The predicted octanol–water partition coefficient (Wildman–Crippen LogP) is -1.56. The second-order valence-electron chi connectivity index (χ2n) is 6.51. The van der Waals surface area contributed by atoms with Crippen LogP contribution in [0.3, 0.4) is 0 Å². The molecule has 162 valence electrons. The van der Waals surface area contributed by atoms with Crippen LogP contribution < -0.4 is 22.5 Å². The summed E-state index contributed by atoms with van der Waals surface area (Å²) in [6.07, 6.45) is 1.60. The van der Waals surface area contributed by atoms with Gasteiger partial charge < -0.3 is 32.7 Å². The fraction of sp³-hybridized carbons (Fsp3) is 0.765. The predicted molar refractivity (Wildman–Crippen MR) is 102 cm³/mol. The molecule has 9 N–H and O–H groups in total. The zero-order valence-electron chi connectivity index (χ0n) is 16.1. The van der Waals surface area contributed by atoms with E-state index in [4.69, 9.17) is 27.4 Å². The van der Waals surface area contributed by atoms with Gasteiger partial charge in [0.1, 0.15) is 12.1 Å². The molecule has 0 saturated heterocycles. The van der Waals surface area contributed by atoms with E-state index >= 15 is 0 Å². The number of nitrogens with zero attached hydrogens (tertiary/aromatic N) is 1. The monoisotopic (exact) mass is 403 g/mol. The third kappa shape index (κ3) is 11.6. The van der Waals surface area contributed by atoms with Crippen LogP contribution in [-0.4, -0.2) is 77.1 Å². The Morgan fingerprint density at radius 1 is 0.821 bits per heavy atom. The average Bonchev–Trinajstić information content (AvgIpc) is 2.65. The maximum absolute atomic E-state index is 12.4. The van der Waals surface area contributed by atoms with Gasteiger partial charge in [0.2, 0.25) is 11.8 Å². The van der Waals surface area contributed by atoms with E-state index in [9.17, 15) is 19.2 Å². The number of aliphatic carboxylic acids is 2. The fourth-order valence-corrected chi connectivity index (χ4v) is 2.34. The average molecular weight is 403 g/mol. The first-order valence-electron chi connectivity index (χ1n) is 9.41. The van der Waals surface area contributed by atoms with E-state index in [0.29, 0.717) is 19.5 Å². The first-order valence-corrected chi connectivity index (χ1v) is 9.41. The Labute approximate surface area is 164 Å². The van der Waals surface area contributed by atoms with Crippen molar-refractivity contribution in [2.45, 2.75) is 57.0 Å². The van der Waals surface area contributed by atoms with Crippen LogP contribution in [0.1, 0.15) is 44.9 Å². The number of carbonyl (C=O) groups is 4. The van der Waals surface area contributed by atoms with Crippen molar-refractivity contribution >= 4 is 23.8 Å². The van der Waals surface area contributed by atoms with Crippen LogP contribution >= 0.6 is 0 Å². The lowest BCUT2D eigenvalue weighted by atomic mass is 10.1. The minimum atomic E-state index is -1.22. The van der Waals surface area contributed by atoms with Crippen LogP contribution in [0.15, 0.2) is 0 Å². The molecule has 0 radical (unpaired) electrons. The number of unbranched alkanes of at least 4 members (excludes halogenated alkanes) is 1. The van der Waals surface area contributed by atoms with E-state index in [2.05, 4.69) is 5.32 Å². The summed E-state index contributed by atoms with van der Waals surface area (Å²) in [5.74, 6) is -3.49. The summed E-state index contributed by atoms with van der Waals surface area (Å²) in [5, 5.41) is 20.8. The van der Waals surface area contributed by atoms with Crippen molar-refractivity contribution in [3.8, 4) is 0 Å². The molecule has 0 spiro atoms. The standard InChI is InChI=1S/C17H33N5O6/c18-8-3-10-21-9-1-2-11-22(14(23)6-4-12(19)16(25)26)15(24)7-5-13(20)17(27)28/h12-13,21H,1-11,18-20H2,(H,25,26)(H,27,28)/t12-,13-/m0/s1. The van der Waals surface area contributed by atoms with Crippen LogP contribution in [0.4, 0.5) is 0 Å². The van der Waals surface area contributed by atoms with Gasteiger partial charge in [-0.3, -0.25) is 24.1 Å². The Balaban J connectivity index is 4.62. The second-order valence-corrected chi connectivity index (χ2v) is 6.51. The number of nitrogens with two attached hydrogens (primary N) is 3. The summed E-state index contributed by atoms with van der Waals surface area (Å²) < 4.78 is 0. The molecule has 0 bridgehead atoms. The molecule has 0 aromatic carbocycles. The summed E-state index contributed by atoms with van der Waals surface area (Å²) >= 11 is 0. The summed E-state index contributed by atoms with van der Waals surface area (Å²) in [7, 11) is 0. The fourth-order valence-electron chi connectivity index (χ4n) is 2.34. The quantitative estimate of drug-likeness (QED) is 0.164. The molecule has 0 saturated carbocycles. The number of rotatable bonds is 16. The Bertz CT molecular complexity index is 480. The van der Waals surface area contributed by atoms with Gasteiger partial charge in [-0.2, -0.15) is 0 Å². The number of nitrogens with one attached hydrogen (secondary N) is 1. The van der Waals surface area contributed by atoms with Crippen molar-refractivity contribution < 1.29 is 29.4 Å². The highest BCUT2D eigenvalue weighted by Crippen LogP contribution is 2.08. The van der Waals surface area contributed by atoms with Gasteiger partial charge >= 0.3 is 11.9 Å². The highest BCUT2D eigenvalue weighted by molar-refractivity contribution is 5.95. The van der Waals surface area contributed by atoms with Crippen LogP contribution in [0.5, 0.6) is 0 Å². The Hall–Kier alpha value is -2.08. The molecule has 2 atom stereocenters. The third-order valence-corrected chi connectivity index (χ3v) is 4.12. The number of hydrogen-bond donors (Lipinski definition) is 6. The van der Waals surface area contributed by atoms with Crippen molar-refractivity contribution in [2.24, 2.45) is 17.2 Å². The molecule has 0 rings (SSSR count). The highest BCUT2D eigenvalue weighted by atomic mass is 16.4. The van der Waals surface area contributed by atoms with Gasteiger partial charge in [-0.1, -0.05) is 0 Å². The van der Waals surface area contributed by atoms with Gasteiger partial charge in [-0.25, -0.2) is 0 Å². The van der Waals surface area contributed by atoms with Crippen molar-refractivity contribution in [1.29, 1.82) is 0 Å². The number of imide groups is 1. The lowest BCUT2D eigenvalue weighted by Gasteiger charge is -2.22. The summed E-state index contributed by atoms with van der Waals surface area (Å²) in [5.41, 5.74) is 16.2. The first kappa shape index (κ1) is 25.9. The number of carboxylic acid groups (broad SMARTS) is 2. The summed E-state index contributed by atoms with van der Waals surface area (Å²) in [4.78, 5) is 47.3. The zero-order valence-corrected chi connectivity index (χ0v) is 16.1. The highest BCUT2D eigenvalue weighted by Gasteiger charge is 2.24. The van der Waals surface area contributed by atoms with Crippen LogP contribution in [0.25, 0.3) is 0 Å². The summed E-state index contributed by atoms with van der Waals surface area (Å²) in [6.45, 7) is 2.27. The van der Waals surface area contributed by atoms with E-state index in [1.54, 1.807) is 0 Å². The van der Waals surface area contributed by atoms with Crippen LogP contribution in [-0.2, 0) is 19.2 Å². The largest absolute Gasteiger partial charge is 0.480 e. The van der Waals surface area contributed by atoms with Crippen molar-refractivity contribution in [3.05, 3.63) is 0 Å². The SMILES string of the molecule is NCCCNCCCCN(C(=O)CC[C@H](N)C(=O)O)C(=O)CC[C@H](N)C(=O)O. The topological polar surface area (TPSA) is 202 Å². The smallest absolute Gasteiger partial charge is 0.320 e. The van der Waals surface area contributed by atoms with Crippen molar-refractivity contribution in [2.75, 3.05) is 26.2 Å². The van der Waals surface area contributed by atoms with Crippen molar-refractivity contribution in [3.63, 3.8) is 0 Å². The second kappa shape index (κ2) is 14.9. The maximum Gasteiger partial charge on any atom is 0.320 e. The first-order chi connectivity index (χ1) is 13.2. The van der Waals surface area contributed by atoms with E-state index in [-0.39, 0.29) is 32.2 Å². The summed E-state index contributed by atoms with van der Waals surface area (Å²) in [6, 6.07) is -2.37. The number of amides is 2.